The second-order valence-electron chi connectivity index (χ2n) is 6.81. The minimum absolute atomic E-state index is 0.624. The van der Waals surface area contributed by atoms with Crippen LogP contribution in [-0.4, -0.2) is 53.6 Å². The molecule has 0 atom stereocenters. The lowest BCUT2D eigenvalue weighted by Crippen LogP contribution is -2.73. The van der Waals surface area contributed by atoms with Gasteiger partial charge in [0.1, 0.15) is 11.4 Å². The maximum atomic E-state index is 5.91. The SMILES string of the molecule is CCOc1cc(N(CC)CC)ccc1N(C)/N=C/CN(C)c1ccccc1[NH2+]C. The summed E-state index contributed by atoms with van der Waals surface area (Å²) in [6, 6.07) is 14.7. The lowest BCUT2D eigenvalue weighted by molar-refractivity contribution is -0.538. The van der Waals surface area contributed by atoms with Gasteiger partial charge in [-0.1, -0.05) is 12.1 Å². The van der Waals surface area contributed by atoms with Gasteiger partial charge < -0.3 is 19.9 Å². The van der Waals surface area contributed by atoms with E-state index in [4.69, 9.17) is 4.74 Å². The van der Waals surface area contributed by atoms with Crippen molar-refractivity contribution in [3.05, 3.63) is 42.5 Å². The number of hydrogen-bond acceptors (Lipinski definition) is 5. The van der Waals surface area contributed by atoms with Crippen LogP contribution in [0.5, 0.6) is 5.75 Å². The fourth-order valence-corrected chi connectivity index (χ4v) is 3.35. The molecule has 0 saturated carbocycles. The normalized spacial score (nSPS) is 11.0. The largest absolute Gasteiger partial charge is 0.492 e. The van der Waals surface area contributed by atoms with Gasteiger partial charge in [0, 0.05) is 51.2 Å². The van der Waals surface area contributed by atoms with E-state index in [0.717, 1.165) is 31.1 Å². The molecular formula is C23H36N5O+. The van der Waals surface area contributed by atoms with Gasteiger partial charge in [-0.3, -0.25) is 5.01 Å². The van der Waals surface area contributed by atoms with Gasteiger partial charge in [-0.2, -0.15) is 5.10 Å². The summed E-state index contributed by atoms with van der Waals surface area (Å²) in [5.74, 6) is 0.857. The molecule has 158 valence electrons. The number of hydrogen-bond donors (Lipinski definition) is 1. The monoisotopic (exact) mass is 398 g/mol. The first kappa shape index (κ1) is 22.6. The standard InChI is InChI=1S/C23H35N5O/c1-7-28(8-2)19-14-15-22(23(18-19)29-9-3)27(6)25-16-17-26(5)21-13-11-10-12-20(21)24-4/h10-16,18,24H,7-9,17H2,1-6H3/p+1/b25-16+. The lowest BCUT2D eigenvalue weighted by atomic mass is 10.2. The highest BCUT2D eigenvalue weighted by Crippen LogP contribution is 2.32. The van der Waals surface area contributed by atoms with Crippen LogP contribution in [0.25, 0.3) is 0 Å². The van der Waals surface area contributed by atoms with E-state index in [0.29, 0.717) is 6.61 Å². The van der Waals surface area contributed by atoms with Gasteiger partial charge in [0.15, 0.2) is 5.69 Å². The molecule has 0 spiro atoms. The average molecular weight is 399 g/mol. The number of anilines is 3. The first-order chi connectivity index (χ1) is 14.0. The Morgan fingerprint density at radius 2 is 1.72 bits per heavy atom. The molecule has 0 saturated heterocycles. The number of benzene rings is 2. The van der Waals surface area contributed by atoms with Crippen molar-refractivity contribution in [2.75, 3.05) is 62.2 Å². The molecule has 0 amide bonds. The van der Waals surface area contributed by atoms with Crippen LogP contribution in [0.3, 0.4) is 0 Å². The molecule has 0 unspecified atom stereocenters. The summed E-state index contributed by atoms with van der Waals surface area (Å²) >= 11 is 0. The van der Waals surface area contributed by atoms with Crippen LogP contribution in [0.1, 0.15) is 20.8 Å². The second kappa shape index (κ2) is 11.3. The first-order valence-corrected chi connectivity index (χ1v) is 10.4. The van der Waals surface area contributed by atoms with Crippen molar-refractivity contribution < 1.29 is 10.1 Å². The minimum Gasteiger partial charge on any atom is -0.492 e. The second-order valence-corrected chi connectivity index (χ2v) is 6.81. The zero-order valence-corrected chi connectivity index (χ0v) is 18.7. The molecule has 0 fully saturated rings. The molecule has 0 aromatic heterocycles. The Kier molecular flexibility index (Phi) is 8.80. The summed E-state index contributed by atoms with van der Waals surface area (Å²) in [6.07, 6.45) is 1.93. The van der Waals surface area contributed by atoms with Crippen molar-refractivity contribution in [3.8, 4) is 5.75 Å². The summed E-state index contributed by atoms with van der Waals surface area (Å²) in [6.45, 7) is 9.62. The molecular weight excluding hydrogens is 362 g/mol. The zero-order valence-electron chi connectivity index (χ0n) is 18.7. The molecule has 0 aliphatic carbocycles. The summed E-state index contributed by atoms with van der Waals surface area (Å²) in [5.41, 5.74) is 4.56. The Labute approximate surface area is 175 Å². The molecule has 2 rings (SSSR count). The van der Waals surface area contributed by atoms with Gasteiger partial charge in [0.05, 0.1) is 25.9 Å². The summed E-state index contributed by atoms with van der Waals surface area (Å²) in [5, 5.41) is 8.64. The van der Waals surface area contributed by atoms with E-state index >= 15 is 0 Å². The Balaban J connectivity index is 2.13. The summed E-state index contributed by atoms with van der Waals surface area (Å²) in [7, 11) is 6.10. The predicted molar refractivity (Wildman–Crippen MR) is 125 cm³/mol. The Hall–Kier alpha value is -2.73. The van der Waals surface area contributed by atoms with Gasteiger partial charge >= 0.3 is 0 Å². The number of ether oxygens (including phenoxy) is 1. The average Bonchev–Trinajstić information content (AvgIpc) is 2.74. The Morgan fingerprint density at radius 3 is 2.38 bits per heavy atom. The number of rotatable bonds is 11. The highest BCUT2D eigenvalue weighted by atomic mass is 16.5. The molecule has 29 heavy (non-hydrogen) atoms. The highest BCUT2D eigenvalue weighted by Gasteiger charge is 2.12. The van der Waals surface area contributed by atoms with Gasteiger partial charge in [-0.05, 0) is 39.0 Å². The molecule has 0 bridgehead atoms. The van der Waals surface area contributed by atoms with Crippen LogP contribution >= 0.6 is 0 Å². The molecule has 0 aliphatic heterocycles. The number of hydrazone groups is 1. The summed E-state index contributed by atoms with van der Waals surface area (Å²) in [4.78, 5) is 4.51. The van der Waals surface area contributed by atoms with Crippen molar-refractivity contribution in [2.24, 2.45) is 5.10 Å². The predicted octanol–water partition coefficient (Wildman–Crippen LogP) is 3.31. The van der Waals surface area contributed by atoms with Crippen molar-refractivity contribution in [2.45, 2.75) is 20.8 Å². The molecule has 2 aromatic rings. The third-order valence-electron chi connectivity index (χ3n) is 4.99. The number of para-hydroxylation sites is 2. The van der Waals surface area contributed by atoms with Crippen molar-refractivity contribution in [3.63, 3.8) is 0 Å². The molecule has 0 heterocycles. The molecule has 6 nitrogen and oxygen atoms in total. The van der Waals surface area contributed by atoms with Gasteiger partial charge in [-0.15, -0.1) is 0 Å². The maximum Gasteiger partial charge on any atom is 0.152 e. The Morgan fingerprint density at radius 1 is 1.00 bits per heavy atom. The van der Waals surface area contributed by atoms with Gasteiger partial charge in [0.2, 0.25) is 0 Å². The van der Waals surface area contributed by atoms with E-state index in [1.807, 2.05) is 25.2 Å². The smallest absolute Gasteiger partial charge is 0.152 e. The van der Waals surface area contributed by atoms with Crippen molar-refractivity contribution in [1.82, 2.24) is 0 Å². The topological polar surface area (TPSA) is 47.9 Å². The number of nitrogens with zero attached hydrogens (tertiary/aromatic N) is 4. The van der Waals surface area contributed by atoms with E-state index in [1.165, 1.54) is 17.1 Å². The molecule has 0 aliphatic rings. The molecule has 6 heteroatoms. The van der Waals surface area contributed by atoms with E-state index in [9.17, 15) is 0 Å². The summed E-state index contributed by atoms with van der Waals surface area (Å²) < 4.78 is 5.91. The fourth-order valence-electron chi connectivity index (χ4n) is 3.35. The highest BCUT2D eigenvalue weighted by molar-refractivity contribution is 5.72. The van der Waals surface area contributed by atoms with Crippen LogP contribution in [0.2, 0.25) is 0 Å². The maximum absolute atomic E-state index is 5.91. The van der Waals surface area contributed by atoms with Crippen molar-refractivity contribution >= 4 is 29.0 Å². The third kappa shape index (κ3) is 5.87. The van der Waals surface area contributed by atoms with Crippen LogP contribution in [0, 0.1) is 0 Å². The van der Waals surface area contributed by atoms with Crippen LogP contribution in [0.15, 0.2) is 47.6 Å². The molecule has 2 N–H and O–H groups in total. The third-order valence-corrected chi connectivity index (χ3v) is 4.99. The lowest BCUT2D eigenvalue weighted by Gasteiger charge is -2.24. The van der Waals surface area contributed by atoms with Gasteiger partial charge in [0.25, 0.3) is 0 Å². The van der Waals surface area contributed by atoms with Crippen LogP contribution in [0.4, 0.5) is 22.7 Å². The molecule has 0 radical (unpaired) electrons. The van der Waals surface area contributed by atoms with E-state index in [2.05, 4.69) is 90.6 Å². The minimum atomic E-state index is 0.624. The quantitative estimate of drug-likeness (QED) is 0.358. The Bertz CT molecular complexity index is 789. The fraction of sp³-hybridized carbons (Fsp3) is 0.435. The van der Waals surface area contributed by atoms with E-state index < -0.39 is 0 Å². The number of nitrogens with two attached hydrogens (primary N) is 1. The van der Waals surface area contributed by atoms with E-state index in [-0.39, 0.29) is 0 Å². The van der Waals surface area contributed by atoms with Crippen LogP contribution < -0.4 is 24.9 Å². The first-order valence-electron chi connectivity index (χ1n) is 10.4. The molecule has 2 aromatic carbocycles. The number of quaternary nitrogens is 1. The van der Waals surface area contributed by atoms with Crippen LogP contribution in [-0.2, 0) is 0 Å². The van der Waals surface area contributed by atoms with E-state index in [1.54, 1.807) is 0 Å². The van der Waals surface area contributed by atoms with Gasteiger partial charge in [-0.25, -0.2) is 0 Å². The van der Waals surface area contributed by atoms with Crippen molar-refractivity contribution in [1.29, 1.82) is 0 Å². The zero-order chi connectivity index (χ0) is 21.2.